The number of alkyl halides is 3. The molecular weight excluding hydrogens is 482 g/mol. The van der Waals surface area contributed by atoms with E-state index in [1.807, 2.05) is 0 Å². The Morgan fingerprint density at radius 2 is 2.14 bits per heavy atom. The summed E-state index contributed by atoms with van der Waals surface area (Å²) in [7, 11) is 0. The number of pyridine rings is 1. The zero-order valence-corrected chi connectivity index (χ0v) is 19.5. The lowest BCUT2D eigenvalue weighted by Gasteiger charge is -2.26. The number of amides is 1. The largest absolute Gasteiger partial charge is 0.387 e. The fraction of sp³-hybridized carbons (Fsp3) is 0.478. The molecule has 4 N–H and O–H groups in total. The third kappa shape index (κ3) is 4.54. The number of hydrogen-bond donors (Lipinski definition) is 4. The van der Waals surface area contributed by atoms with E-state index in [1.165, 1.54) is 30.6 Å². The number of halogens is 4. The SMILES string of the molecule is CC(C)(O)[C@H](F)CNC(=O)c1cnc(Nc2nc3ccnn3cc2F)cc1NC1CC2CC2C1(F)F. The Labute approximate surface area is 203 Å². The minimum atomic E-state index is -2.96. The van der Waals surface area contributed by atoms with Crippen LogP contribution in [0, 0.1) is 17.7 Å². The monoisotopic (exact) mass is 507 g/mol. The number of hydrogen-bond acceptors (Lipinski definition) is 7. The van der Waals surface area contributed by atoms with Crippen LogP contribution in [0.4, 0.5) is 34.9 Å². The van der Waals surface area contributed by atoms with Gasteiger partial charge >= 0.3 is 0 Å². The Kier molecular flexibility index (Phi) is 5.77. The van der Waals surface area contributed by atoms with Crippen molar-refractivity contribution in [3.05, 3.63) is 42.1 Å². The van der Waals surface area contributed by atoms with Crippen molar-refractivity contribution in [2.75, 3.05) is 17.2 Å². The number of carbonyl (C=O) groups is 1. The Morgan fingerprint density at radius 3 is 2.83 bits per heavy atom. The first-order chi connectivity index (χ1) is 16.9. The fourth-order valence-electron chi connectivity index (χ4n) is 4.43. The number of carbonyl (C=O) groups excluding carboxylic acids is 1. The average molecular weight is 507 g/mol. The molecule has 36 heavy (non-hydrogen) atoms. The van der Waals surface area contributed by atoms with E-state index in [0.29, 0.717) is 12.1 Å². The second-order valence-electron chi connectivity index (χ2n) is 9.85. The predicted octanol–water partition coefficient (Wildman–Crippen LogP) is 3.30. The summed E-state index contributed by atoms with van der Waals surface area (Å²) in [5, 5.41) is 21.5. The van der Waals surface area contributed by atoms with Crippen LogP contribution in [0.25, 0.3) is 5.65 Å². The van der Waals surface area contributed by atoms with Gasteiger partial charge in [0, 0.05) is 24.2 Å². The van der Waals surface area contributed by atoms with E-state index in [4.69, 9.17) is 0 Å². The first-order valence-electron chi connectivity index (χ1n) is 11.5. The van der Waals surface area contributed by atoms with Gasteiger partial charge < -0.3 is 21.1 Å². The molecule has 3 aromatic rings. The van der Waals surface area contributed by atoms with Crippen LogP contribution in [0.1, 0.15) is 37.0 Å². The Hall–Kier alpha value is -3.48. The summed E-state index contributed by atoms with van der Waals surface area (Å²) in [5.41, 5.74) is -1.38. The molecule has 5 rings (SSSR count). The molecule has 9 nitrogen and oxygen atoms in total. The van der Waals surface area contributed by atoms with Gasteiger partial charge in [-0.15, -0.1) is 0 Å². The van der Waals surface area contributed by atoms with Crippen molar-refractivity contribution in [1.82, 2.24) is 24.9 Å². The highest BCUT2D eigenvalue weighted by Gasteiger charge is 2.65. The predicted molar refractivity (Wildman–Crippen MR) is 123 cm³/mol. The molecule has 192 valence electrons. The molecule has 13 heteroatoms. The van der Waals surface area contributed by atoms with Crippen LogP contribution >= 0.6 is 0 Å². The first-order valence-corrected chi connectivity index (χ1v) is 11.5. The maximum Gasteiger partial charge on any atom is 0.270 e. The van der Waals surface area contributed by atoms with Crippen LogP contribution in [-0.2, 0) is 0 Å². The summed E-state index contributed by atoms with van der Waals surface area (Å²) in [6.45, 7) is 2.04. The van der Waals surface area contributed by atoms with Crippen LogP contribution in [0.2, 0.25) is 0 Å². The van der Waals surface area contributed by atoms with Gasteiger partial charge in [0.05, 0.1) is 41.8 Å². The number of nitrogens with one attached hydrogen (secondary N) is 3. The van der Waals surface area contributed by atoms with Gasteiger partial charge in [-0.2, -0.15) is 5.10 Å². The molecule has 0 saturated heterocycles. The number of rotatable bonds is 8. The molecule has 1 amide bonds. The molecule has 2 saturated carbocycles. The first kappa shape index (κ1) is 24.2. The van der Waals surface area contributed by atoms with Crippen molar-refractivity contribution in [3.63, 3.8) is 0 Å². The zero-order chi connectivity index (χ0) is 25.8. The third-order valence-electron chi connectivity index (χ3n) is 6.69. The molecule has 0 spiro atoms. The van der Waals surface area contributed by atoms with Crippen LogP contribution in [-0.4, -0.2) is 60.9 Å². The van der Waals surface area contributed by atoms with Gasteiger partial charge in [0.2, 0.25) is 0 Å². The average Bonchev–Trinajstić information content (AvgIpc) is 3.38. The van der Waals surface area contributed by atoms with Gasteiger partial charge in [-0.05, 0) is 32.6 Å². The molecule has 0 aliphatic heterocycles. The standard InChI is InChI=1S/C23H25F4N7O2/c1-22(2,36)16(25)9-29-21(35)12-8-28-18(32-20-14(24)10-34-19(33-20)3-4-30-34)7-15(12)31-17-6-11-5-13(11)23(17,26)27/h3-4,7-8,10-11,13,16-17,36H,5-6,9H2,1-2H3,(H,29,35)(H2,28,31,32,33)/t11?,13?,16-,17?/m1/s1. The normalized spacial score (nSPS) is 23.2. The van der Waals surface area contributed by atoms with Gasteiger partial charge in [-0.25, -0.2) is 32.0 Å². The summed E-state index contributed by atoms with van der Waals surface area (Å²) >= 11 is 0. The lowest BCUT2D eigenvalue weighted by molar-refractivity contribution is -0.0240. The highest BCUT2D eigenvalue weighted by molar-refractivity contribution is 6.00. The molecule has 0 bridgehead atoms. The maximum atomic E-state index is 14.7. The molecule has 2 aliphatic rings. The smallest absolute Gasteiger partial charge is 0.270 e. The second-order valence-corrected chi connectivity index (χ2v) is 9.85. The van der Waals surface area contributed by atoms with Crippen molar-refractivity contribution >= 4 is 28.9 Å². The minimum Gasteiger partial charge on any atom is -0.387 e. The van der Waals surface area contributed by atoms with Gasteiger partial charge in [-0.1, -0.05) is 0 Å². The minimum absolute atomic E-state index is 0.0282. The van der Waals surface area contributed by atoms with Crippen molar-refractivity contribution in [3.8, 4) is 0 Å². The summed E-state index contributed by atoms with van der Waals surface area (Å²) in [6, 6.07) is 1.67. The summed E-state index contributed by atoms with van der Waals surface area (Å²) in [6.07, 6.45) is 2.64. The van der Waals surface area contributed by atoms with Crippen molar-refractivity contribution < 1.29 is 27.5 Å². The fourth-order valence-corrected chi connectivity index (χ4v) is 4.43. The molecule has 0 radical (unpaired) electrons. The molecule has 3 heterocycles. The van der Waals surface area contributed by atoms with Crippen LogP contribution in [0.3, 0.4) is 0 Å². The van der Waals surface area contributed by atoms with Gasteiger partial charge in [-0.3, -0.25) is 4.79 Å². The Bertz CT molecular complexity index is 1310. The van der Waals surface area contributed by atoms with E-state index < -0.39 is 47.9 Å². The molecule has 4 atom stereocenters. The lowest BCUT2D eigenvalue weighted by Crippen LogP contribution is -2.42. The summed E-state index contributed by atoms with van der Waals surface area (Å²) in [4.78, 5) is 21.0. The number of aromatic nitrogens is 4. The number of aliphatic hydroxyl groups is 1. The van der Waals surface area contributed by atoms with Crippen LogP contribution < -0.4 is 16.0 Å². The van der Waals surface area contributed by atoms with E-state index in [1.54, 1.807) is 6.07 Å². The molecule has 3 aromatic heterocycles. The second kappa shape index (κ2) is 8.57. The zero-order valence-electron chi connectivity index (χ0n) is 19.5. The Morgan fingerprint density at radius 1 is 1.36 bits per heavy atom. The van der Waals surface area contributed by atoms with Crippen LogP contribution in [0.15, 0.2) is 30.7 Å². The molecule has 2 aliphatic carbocycles. The quantitative estimate of drug-likeness (QED) is 0.346. The number of fused-ring (bicyclic) bond motifs is 2. The summed E-state index contributed by atoms with van der Waals surface area (Å²) in [5.74, 6) is -5.33. The third-order valence-corrected chi connectivity index (χ3v) is 6.69. The van der Waals surface area contributed by atoms with Gasteiger partial charge in [0.25, 0.3) is 11.8 Å². The highest BCUT2D eigenvalue weighted by Crippen LogP contribution is 2.60. The van der Waals surface area contributed by atoms with Gasteiger partial charge in [0.1, 0.15) is 12.0 Å². The van der Waals surface area contributed by atoms with E-state index in [2.05, 4.69) is 31.0 Å². The van der Waals surface area contributed by atoms with E-state index in [0.717, 1.165) is 12.4 Å². The maximum absolute atomic E-state index is 14.7. The van der Waals surface area contributed by atoms with Crippen molar-refractivity contribution in [2.45, 2.75) is 50.4 Å². The van der Waals surface area contributed by atoms with Crippen molar-refractivity contribution in [1.29, 1.82) is 0 Å². The van der Waals surface area contributed by atoms with Crippen molar-refractivity contribution in [2.24, 2.45) is 11.8 Å². The number of anilines is 3. The molecular formula is C23H25F4N7O2. The van der Waals surface area contributed by atoms with E-state index >= 15 is 0 Å². The van der Waals surface area contributed by atoms with E-state index in [-0.39, 0.29) is 35.2 Å². The van der Waals surface area contributed by atoms with Gasteiger partial charge in [0.15, 0.2) is 17.3 Å². The van der Waals surface area contributed by atoms with Crippen LogP contribution in [0.5, 0.6) is 0 Å². The lowest BCUT2D eigenvalue weighted by atomic mass is 10.0. The van der Waals surface area contributed by atoms with E-state index in [9.17, 15) is 27.5 Å². The number of nitrogens with zero attached hydrogens (tertiary/aromatic N) is 4. The molecule has 3 unspecified atom stereocenters. The highest BCUT2D eigenvalue weighted by atomic mass is 19.3. The molecule has 2 fully saturated rings. The molecule has 0 aromatic carbocycles. The Balaban J connectivity index is 1.42. The topological polar surface area (TPSA) is 116 Å². The summed E-state index contributed by atoms with van der Waals surface area (Å²) < 4.78 is 59.3.